The third-order valence-electron chi connectivity index (χ3n) is 2.60. The molecule has 1 aromatic rings. The molecule has 3 nitrogen and oxygen atoms in total. The maximum Gasteiger partial charge on any atom is 0.243 e. The minimum Gasteiger partial charge on any atom is -0.320 e. The first kappa shape index (κ1) is 10.5. The molecular formula is C11H13ClN2O. The average Bonchev–Trinajstić information content (AvgIpc) is 2.59. The third-order valence-corrected chi connectivity index (χ3v) is 2.83. The van der Waals surface area contributed by atoms with Gasteiger partial charge in [0.2, 0.25) is 5.91 Å². The van der Waals surface area contributed by atoms with Gasteiger partial charge in [-0.2, -0.15) is 0 Å². The van der Waals surface area contributed by atoms with Crippen LogP contribution in [0.5, 0.6) is 0 Å². The number of rotatable bonds is 1. The molecule has 1 aliphatic rings. The van der Waals surface area contributed by atoms with Crippen molar-refractivity contribution >= 4 is 23.2 Å². The summed E-state index contributed by atoms with van der Waals surface area (Å²) in [7, 11) is 0. The Morgan fingerprint density at radius 1 is 1.60 bits per heavy atom. The first-order chi connectivity index (χ1) is 7.09. The molecule has 0 bridgehead atoms. The van der Waals surface area contributed by atoms with Gasteiger partial charge in [0.15, 0.2) is 0 Å². The van der Waals surface area contributed by atoms with Crippen LogP contribution in [0.2, 0.25) is 5.02 Å². The van der Waals surface area contributed by atoms with Crippen LogP contribution in [0.1, 0.15) is 12.5 Å². The molecule has 4 heteroatoms. The van der Waals surface area contributed by atoms with E-state index in [9.17, 15) is 4.79 Å². The van der Waals surface area contributed by atoms with E-state index in [4.69, 9.17) is 17.3 Å². The molecule has 15 heavy (non-hydrogen) atoms. The van der Waals surface area contributed by atoms with Crippen molar-refractivity contribution in [2.45, 2.75) is 19.4 Å². The maximum atomic E-state index is 11.8. The summed E-state index contributed by atoms with van der Waals surface area (Å²) in [4.78, 5) is 13.5. The van der Waals surface area contributed by atoms with Gasteiger partial charge in [0, 0.05) is 17.3 Å². The standard InChI is InChI=1S/C11H13ClN2O/c1-7(13)11(15)14-5-4-8-2-3-9(12)6-10(8)14/h2-3,6-7H,4-5,13H2,1H3. The minimum absolute atomic E-state index is 0.0454. The van der Waals surface area contributed by atoms with Gasteiger partial charge < -0.3 is 10.6 Å². The highest BCUT2D eigenvalue weighted by Gasteiger charge is 2.26. The molecule has 0 fully saturated rings. The number of nitrogens with zero attached hydrogens (tertiary/aromatic N) is 1. The maximum absolute atomic E-state index is 11.8. The highest BCUT2D eigenvalue weighted by molar-refractivity contribution is 6.31. The fourth-order valence-electron chi connectivity index (χ4n) is 1.83. The van der Waals surface area contributed by atoms with E-state index in [2.05, 4.69) is 0 Å². The topological polar surface area (TPSA) is 46.3 Å². The Morgan fingerprint density at radius 3 is 3.00 bits per heavy atom. The average molecular weight is 225 g/mol. The van der Waals surface area contributed by atoms with Crippen molar-refractivity contribution in [1.29, 1.82) is 0 Å². The van der Waals surface area contributed by atoms with E-state index in [1.807, 2.05) is 18.2 Å². The van der Waals surface area contributed by atoms with Gasteiger partial charge in [-0.05, 0) is 31.0 Å². The number of anilines is 1. The Hall–Kier alpha value is -1.06. The van der Waals surface area contributed by atoms with E-state index >= 15 is 0 Å². The fourth-order valence-corrected chi connectivity index (χ4v) is 1.99. The summed E-state index contributed by atoms with van der Waals surface area (Å²) >= 11 is 5.90. The van der Waals surface area contributed by atoms with E-state index in [0.717, 1.165) is 17.7 Å². The molecule has 0 radical (unpaired) electrons. The molecule has 80 valence electrons. The molecule has 1 unspecified atom stereocenters. The van der Waals surface area contributed by atoms with Crippen molar-refractivity contribution in [3.8, 4) is 0 Å². The van der Waals surface area contributed by atoms with E-state index in [-0.39, 0.29) is 5.91 Å². The van der Waals surface area contributed by atoms with Crippen molar-refractivity contribution in [3.05, 3.63) is 28.8 Å². The Morgan fingerprint density at radius 2 is 2.33 bits per heavy atom. The van der Waals surface area contributed by atoms with Crippen LogP contribution in [0.15, 0.2) is 18.2 Å². The number of fused-ring (bicyclic) bond motifs is 1. The summed E-state index contributed by atoms with van der Waals surface area (Å²) in [5.41, 5.74) is 7.65. The van der Waals surface area contributed by atoms with Crippen LogP contribution < -0.4 is 10.6 Å². The minimum atomic E-state index is -0.463. The number of halogens is 1. The molecule has 0 aromatic heterocycles. The van der Waals surface area contributed by atoms with Gasteiger partial charge in [0.1, 0.15) is 0 Å². The third kappa shape index (κ3) is 1.85. The van der Waals surface area contributed by atoms with Crippen LogP contribution >= 0.6 is 11.6 Å². The van der Waals surface area contributed by atoms with Crippen molar-refractivity contribution in [1.82, 2.24) is 0 Å². The number of hydrogen-bond donors (Lipinski definition) is 1. The monoisotopic (exact) mass is 224 g/mol. The van der Waals surface area contributed by atoms with Gasteiger partial charge in [-0.1, -0.05) is 17.7 Å². The fraction of sp³-hybridized carbons (Fsp3) is 0.364. The second-order valence-corrected chi connectivity index (χ2v) is 4.24. The predicted molar refractivity (Wildman–Crippen MR) is 61.2 cm³/mol. The lowest BCUT2D eigenvalue weighted by molar-refractivity contribution is -0.119. The van der Waals surface area contributed by atoms with Crippen LogP contribution in [0, 0.1) is 0 Å². The summed E-state index contributed by atoms with van der Waals surface area (Å²) in [5, 5.41) is 0.651. The number of carbonyl (C=O) groups is 1. The summed E-state index contributed by atoms with van der Waals surface area (Å²) < 4.78 is 0. The molecule has 1 aliphatic heterocycles. The van der Waals surface area contributed by atoms with Crippen LogP contribution in [0.4, 0.5) is 5.69 Å². The first-order valence-corrected chi connectivity index (χ1v) is 5.33. The summed E-state index contributed by atoms with van der Waals surface area (Å²) in [6.45, 7) is 2.40. The molecule has 1 amide bonds. The van der Waals surface area contributed by atoms with E-state index in [0.29, 0.717) is 11.6 Å². The summed E-state index contributed by atoms with van der Waals surface area (Å²) in [5.74, 6) is -0.0454. The molecule has 0 aliphatic carbocycles. The predicted octanol–water partition coefficient (Wildman–Crippen LogP) is 1.58. The van der Waals surface area contributed by atoms with Crippen LogP contribution in [-0.4, -0.2) is 18.5 Å². The Bertz CT molecular complexity index is 404. The van der Waals surface area contributed by atoms with Crippen molar-refractivity contribution in [2.24, 2.45) is 5.73 Å². The van der Waals surface area contributed by atoms with Gasteiger partial charge in [-0.3, -0.25) is 4.79 Å². The van der Waals surface area contributed by atoms with Crippen LogP contribution in [-0.2, 0) is 11.2 Å². The van der Waals surface area contributed by atoms with Gasteiger partial charge in [-0.25, -0.2) is 0 Å². The lowest BCUT2D eigenvalue weighted by Crippen LogP contribution is -2.41. The number of hydrogen-bond acceptors (Lipinski definition) is 2. The number of carbonyl (C=O) groups excluding carboxylic acids is 1. The van der Waals surface area contributed by atoms with Crippen molar-refractivity contribution < 1.29 is 4.79 Å². The van der Waals surface area contributed by atoms with Gasteiger partial charge in [0.25, 0.3) is 0 Å². The Labute approximate surface area is 93.8 Å². The van der Waals surface area contributed by atoms with Crippen molar-refractivity contribution in [2.75, 3.05) is 11.4 Å². The molecule has 1 heterocycles. The lowest BCUT2D eigenvalue weighted by Gasteiger charge is -2.19. The Kier molecular flexibility index (Phi) is 2.67. The highest BCUT2D eigenvalue weighted by atomic mass is 35.5. The summed E-state index contributed by atoms with van der Waals surface area (Å²) in [6, 6.07) is 5.17. The SMILES string of the molecule is CC(N)C(=O)N1CCc2ccc(Cl)cc21. The largest absolute Gasteiger partial charge is 0.320 e. The quantitative estimate of drug-likeness (QED) is 0.787. The number of amides is 1. The molecule has 0 saturated heterocycles. The first-order valence-electron chi connectivity index (χ1n) is 4.95. The molecule has 0 saturated carbocycles. The van der Waals surface area contributed by atoms with E-state index in [1.54, 1.807) is 11.8 Å². The zero-order valence-electron chi connectivity index (χ0n) is 8.53. The zero-order valence-corrected chi connectivity index (χ0v) is 9.29. The smallest absolute Gasteiger partial charge is 0.243 e. The van der Waals surface area contributed by atoms with Crippen molar-refractivity contribution in [3.63, 3.8) is 0 Å². The van der Waals surface area contributed by atoms with E-state index < -0.39 is 6.04 Å². The van der Waals surface area contributed by atoms with Gasteiger partial charge in [0.05, 0.1) is 6.04 Å². The molecule has 1 aromatic carbocycles. The molecule has 0 spiro atoms. The molecular weight excluding hydrogens is 212 g/mol. The second-order valence-electron chi connectivity index (χ2n) is 3.80. The Balaban J connectivity index is 2.35. The zero-order chi connectivity index (χ0) is 11.0. The second kappa shape index (κ2) is 3.83. The number of benzene rings is 1. The van der Waals surface area contributed by atoms with Gasteiger partial charge >= 0.3 is 0 Å². The highest BCUT2D eigenvalue weighted by Crippen LogP contribution is 2.30. The molecule has 2 N–H and O–H groups in total. The molecule has 2 rings (SSSR count). The van der Waals surface area contributed by atoms with E-state index in [1.165, 1.54) is 0 Å². The van der Waals surface area contributed by atoms with Crippen LogP contribution in [0.25, 0.3) is 0 Å². The number of nitrogens with two attached hydrogens (primary N) is 1. The summed E-state index contributed by atoms with van der Waals surface area (Å²) in [6.07, 6.45) is 0.880. The van der Waals surface area contributed by atoms with Crippen LogP contribution in [0.3, 0.4) is 0 Å². The lowest BCUT2D eigenvalue weighted by atomic mass is 10.2. The van der Waals surface area contributed by atoms with Gasteiger partial charge in [-0.15, -0.1) is 0 Å². The molecule has 1 atom stereocenters. The normalized spacial score (nSPS) is 16.3.